The first-order chi connectivity index (χ1) is 11.5. The molecule has 0 unspecified atom stereocenters. The Bertz CT molecular complexity index is 930. The summed E-state index contributed by atoms with van der Waals surface area (Å²) in [7, 11) is 1.74. The van der Waals surface area contributed by atoms with Crippen molar-refractivity contribution >= 4 is 5.91 Å². The normalized spacial score (nSPS) is 10.5. The second-order valence-electron chi connectivity index (χ2n) is 5.20. The van der Waals surface area contributed by atoms with Crippen LogP contribution in [0.15, 0.2) is 47.7 Å². The summed E-state index contributed by atoms with van der Waals surface area (Å²) >= 11 is 0. The summed E-state index contributed by atoms with van der Waals surface area (Å²) in [6, 6.07) is 9.34. The van der Waals surface area contributed by atoms with Gasteiger partial charge in [0.15, 0.2) is 5.82 Å². The molecule has 3 rings (SSSR count). The maximum atomic E-state index is 12.2. The third-order valence-electron chi connectivity index (χ3n) is 3.35. The highest BCUT2D eigenvalue weighted by Crippen LogP contribution is 2.21. The molecular weight excluding hydrogens is 310 g/mol. The van der Waals surface area contributed by atoms with Gasteiger partial charge in [0.25, 0.3) is 11.5 Å². The second kappa shape index (κ2) is 6.37. The van der Waals surface area contributed by atoms with Gasteiger partial charge < -0.3 is 15.0 Å². The summed E-state index contributed by atoms with van der Waals surface area (Å²) in [5, 5.41) is 12.6. The molecule has 24 heavy (non-hydrogen) atoms. The lowest BCUT2D eigenvalue weighted by molar-refractivity contribution is 0.0940. The van der Waals surface area contributed by atoms with Crippen LogP contribution in [0, 0.1) is 0 Å². The molecular formula is C16H15N5O3. The molecule has 1 amide bonds. The number of amides is 1. The molecule has 2 aromatic heterocycles. The Hall–Kier alpha value is -3.42. The number of aromatic hydroxyl groups is 1. The molecule has 0 aliphatic heterocycles. The van der Waals surface area contributed by atoms with Crippen LogP contribution in [0.5, 0.6) is 5.75 Å². The monoisotopic (exact) mass is 325 g/mol. The minimum atomic E-state index is -0.796. The van der Waals surface area contributed by atoms with E-state index in [1.54, 1.807) is 17.8 Å². The number of aryl methyl sites for hydroxylation is 1. The molecule has 0 spiro atoms. The van der Waals surface area contributed by atoms with Crippen LogP contribution in [0.25, 0.3) is 11.4 Å². The Morgan fingerprint density at radius 1 is 1.33 bits per heavy atom. The van der Waals surface area contributed by atoms with E-state index in [0.717, 1.165) is 5.56 Å². The summed E-state index contributed by atoms with van der Waals surface area (Å²) in [6.07, 6.45) is 3.10. The van der Waals surface area contributed by atoms with Crippen LogP contribution in [0.1, 0.15) is 16.2 Å². The minimum Gasteiger partial charge on any atom is -0.501 e. The molecule has 8 nitrogen and oxygen atoms in total. The van der Waals surface area contributed by atoms with E-state index in [0.29, 0.717) is 12.2 Å². The van der Waals surface area contributed by atoms with Gasteiger partial charge in [0.2, 0.25) is 5.75 Å². The number of carbonyl (C=O) groups is 1. The molecule has 1 aromatic carbocycles. The molecule has 3 aromatic rings. The predicted molar refractivity (Wildman–Crippen MR) is 86.3 cm³/mol. The van der Waals surface area contributed by atoms with Crippen LogP contribution >= 0.6 is 0 Å². The quantitative estimate of drug-likeness (QED) is 0.657. The maximum absolute atomic E-state index is 12.2. The van der Waals surface area contributed by atoms with E-state index in [-0.39, 0.29) is 11.5 Å². The number of hydrogen-bond donors (Lipinski definition) is 3. The Kier molecular flexibility index (Phi) is 4.11. The van der Waals surface area contributed by atoms with Crippen molar-refractivity contribution in [1.82, 2.24) is 24.8 Å². The highest BCUT2D eigenvalue weighted by molar-refractivity contribution is 5.91. The van der Waals surface area contributed by atoms with Crippen molar-refractivity contribution in [3.05, 3.63) is 64.6 Å². The van der Waals surface area contributed by atoms with E-state index < -0.39 is 17.2 Å². The Morgan fingerprint density at radius 2 is 2.08 bits per heavy atom. The Morgan fingerprint density at radius 3 is 2.75 bits per heavy atom. The highest BCUT2D eigenvalue weighted by Gasteiger charge is 2.18. The lowest BCUT2D eigenvalue weighted by Gasteiger charge is -2.06. The third-order valence-corrected chi connectivity index (χ3v) is 3.35. The van der Waals surface area contributed by atoms with E-state index in [4.69, 9.17) is 0 Å². The number of aromatic nitrogens is 4. The SMILES string of the molecule is Cn1cnc(-c2nc(C(=O)NCc3ccccc3)[nH]c(=O)c2O)c1. The van der Waals surface area contributed by atoms with Gasteiger partial charge in [-0.15, -0.1) is 0 Å². The average molecular weight is 325 g/mol. The summed E-state index contributed by atoms with van der Waals surface area (Å²) in [4.78, 5) is 34.4. The van der Waals surface area contributed by atoms with Gasteiger partial charge >= 0.3 is 0 Å². The number of imidazole rings is 1. The number of nitrogens with one attached hydrogen (secondary N) is 2. The zero-order valence-corrected chi connectivity index (χ0v) is 12.9. The smallest absolute Gasteiger partial charge is 0.294 e. The van der Waals surface area contributed by atoms with Gasteiger partial charge in [0, 0.05) is 19.8 Å². The van der Waals surface area contributed by atoms with Gasteiger partial charge in [-0.25, -0.2) is 9.97 Å². The fraction of sp³-hybridized carbons (Fsp3) is 0.125. The molecule has 0 fully saturated rings. The molecule has 2 heterocycles. The number of nitrogens with zero attached hydrogens (tertiary/aromatic N) is 3. The van der Waals surface area contributed by atoms with Crippen molar-refractivity contribution in [2.24, 2.45) is 7.05 Å². The minimum absolute atomic E-state index is 0.0378. The molecule has 3 N–H and O–H groups in total. The molecule has 0 aliphatic rings. The molecule has 0 bridgehead atoms. The predicted octanol–water partition coefficient (Wildman–Crippen LogP) is 0.806. The molecule has 0 saturated heterocycles. The first-order valence-electron chi connectivity index (χ1n) is 7.18. The fourth-order valence-corrected chi connectivity index (χ4v) is 2.15. The molecule has 0 radical (unpaired) electrons. The third kappa shape index (κ3) is 3.17. The van der Waals surface area contributed by atoms with E-state index in [1.807, 2.05) is 30.3 Å². The summed E-state index contributed by atoms with van der Waals surface area (Å²) in [5.74, 6) is -1.31. The lowest BCUT2D eigenvalue weighted by Crippen LogP contribution is -2.27. The van der Waals surface area contributed by atoms with Crippen molar-refractivity contribution in [2.45, 2.75) is 6.54 Å². The number of H-pyrrole nitrogens is 1. The van der Waals surface area contributed by atoms with Gasteiger partial charge in [-0.05, 0) is 5.56 Å². The van der Waals surface area contributed by atoms with Gasteiger partial charge in [0.05, 0.1) is 6.33 Å². The van der Waals surface area contributed by atoms with Crippen molar-refractivity contribution in [3.8, 4) is 17.1 Å². The maximum Gasteiger partial charge on any atom is 0.294 e. The Labute approximate surface area is 136 Å². The molecule has 0 aliphatic carbocycles. The topological polar surface area (TPSA) is 113 Å². The molecule has 0 atom stereocenters. The van der Waals surface area contributed by atoms with E-state index in [1.165, 1.54) is 6.33 Å². The fourth-order valence-electron chi connectivity index (χ4n) is 2.15. The van der Waals surface area contributed by atoms with Crippen LogP contribution in [0.2, 0.25) is 0 Å². The number of hydrogen-bond acceptors (Lipinski definition) is 5. The molecule has 122 valence electrons. The van der Waals surface area contributed by atoms with Gasteiger partial charge in [-0.1, -0.05) is 30.3 Å². The van der Waals surface area contributed by atoms with Gasteiger partial charge in [-0.3, -0.25) is 14.6 Å². The number of carbonyl (C=O) groups excluding carboxylic acids is 1. The highest BCUT2D eigenvalue weighted by atomic mass is 16.3. The largest absolute Gasteiger partial charge is 0.501 e. The Balaban J connectivity index is 1.87. The van der Waals surface area contributed by atoms with Crippen LogP contribution in [0.4, 0.5) is 0 Å². The number of benzene rings is 1. The zero-order chi connectivity index (χ0) is 17.1. The van der Waals surface area contributed by atoms with Crippen LogP contribution < -0.4 is 10.9 Å². The van der Waals surface area contributed by atoms with Crippen molar-refractivity contribution < 1.29 is 9.90 Å². The number of rotatable bonds is 4. The first kappa shape index (κ1) is 15.5. The van der Waals surface area contributed by atoms with Crippen LogP contribution in [0.3, 0.4) is 0 Å². The lowest BCUT2D eigenvalue weighted by atomic mass is 10.2. The van der Waals surface area contributed by atoms with E-state index >= 15 is 0 Å². The van der Waals surface area contributed by atoms with Gasteiger partial charge in [0.1, 0.15) is 11.4 Å². The van der Waals surface area contributed by atoms with Crippen molar-refractivity contribution in [3.63, 3.8) is 0 Å². The summed E-state index contributed by atoms with van der Waals surface area (Å²) < 4.78 is 1.65. The van der Waals surface area contributed by atoms with E-state index in [9.17, 15) is 14.7 Å². The van der Waals surface area contributed by atoms with Crippen LogP contribution in [-0.4, -0.2) is 30.5 Å². The summed E-state index contributed by atoms with van der Waals surface area (Å²) in [6.45, 7) is 0.295. The zero-order valence-electron chi connectivity index (χ0n) is 12.9. The second-order valence-corrected chi connectivity index (χ2v) is 5.20. The first-order valence-corrected chi connectivity index (χ1v) is 7.18. The summed E-state index contributed by atoms with van der Waals surface area (Å²) in [5.41, 5.74) is 0.384. The average Bonchev–Trinajstić information content (AvgIpc) is 3.02. The van der Waals surface area contributed by atoms with E-state index in [2.05, 4.69) is 20.3 Å². The van der Waals surface area contributed by atoms with Crippen molar-refractivity contribution in [2.75, 3.05) is 0 Å². The molecule has 8 heteroatoms. The standard InChI is InChI=1S/C16H15N5O3/c1-21-8-11(18-9-21)12-13(22)15(23)20-14(19-12)16(24)17-7-10-5-3-2-4-6-10/h2-6,8-9,22H,7H2,1H3,(H,17,24)(H,19,20,23). The number of aromatic amines is 1. The molecule has 0 saturated carbocycles. The van der Waals surface area contributed by atoms with Crippen molar-refractivity contribution in [1.29, 1.82) is 0 Å². The van der Waals surface area contributed by atoms with Crippen LogP contribution in [-0.2, 0) is 13.6 Å². The van der Waals surface area contributed by atoms with Gasteiger partial charge in [-0.2, -0.15) is 0 Å².